The number of pyridine rings is 1. The zero-order valence-corrected chi connectivity index (χ0v) is 26.0. The number of hydrogen-bond donors (Lipinski definition) is 2. The number of aryl methyl sites for hydroxylation is 1. The van der Waals surface area contributed by atoms with Crippen molar-refractivity contribution in [3.63, 3.8) is 0 Å². The van der Waals surface area contributed by atoms with Gasteiger partial charge in [-0.25, -0.2) is 28.7 Å². The number of halogens is 2. The molecule has 3 aliphatic rings. The largest absolute Gasteiger partial charge is 0.372 e. The average molecular weight is 619 g/mol. The minimum atomic E-state index is -0.563. The molecule has 2 N–H and O–H groups in total. The lowest BCUT2D eigenvalue weighted by Crippen LogP contribution is -2.38. The Kier molecular flexibility index (Phi) is 9.43. The van der Waals surface area contributed by atoms with Crippen LogP contribution in [0.2, 0.25) is 0 Å². The van der Waals surface area contributed by atoms with Crippen molar-refractivity contribution in [1.29, 1.82) is 0 Å². The average Bonchev–Trinajstić information content (AvgIpc) is 3.56. The van der Waals surface area contributed by atoms with Gasteiger partial charge in [-0.3, -0.25) is 9.69 Å². The first-order valence-corrected chi connectivity index (χ1v) is 15.8. The van der Waals surface area contributed by atoms with Crippen molar-refractivity contribution in [1.82, 2.24) is 34.7 Å². The molecular formula is C33H40F2N8O2. The number of hydrogen-bond acceptors (Lipinski definition) is 9. The van der Waals surface area contributed by atoms with Crippen LogP contribution in [0, 0.1) is 18.6 Å². The number of Topliss-reactive ketones (excluding diaryl/α,β-unsaturated/α-hetero) is 1. The summed E-state index contributed by atoms with van der Waals surface area (Å²) in [6, 6.07) is 4.72. The number of anilines is 2. The molecule has 10 nitrogen and oxygen atoms in total. The molecule has 0 aliphatic carbocycles. The first-order chi connectivity index (χ1) is 21.8. The highest BCUT2D eigenvalue weighted by atomic mass is 19.1. The van der Waals surface area contributed by atoms with Crippen molar-refractivity contribution in [2.45, 2.75) is 77.7 Å². The van der Waals surface area contributed by atoms with Gasteiger partial charge in [-0.15, -0.1) is 0 Å². The lowest BCUT2D eigenvalue weighted by Gasteiger charge is -2.25. The van der Waals surface area contributed by atoms with Gasteiger partial charge in [0, 0.05) is 75.1 Å². The molecular weight excluding hydrogens is 578 g/mol. The van der Waals surface area contributed by atoms with Crippen LogP contribution in [0.4, 0.5) is 20.5 Å². The highest BCUT2D eigenvalue weighted by Gasteiger charge is 2.28. The van der Waals surface area contributed by atoms with E-state index < -0.39 is 11.6 Å². The van der Waals surface area contributed by atoms with Crippen LogP contribution in [-0.2, 0) is 16.1 Å². The van der Waals surface area contributed by atoms with E-state index in [-0.39, 0.29) is 17.1 Å². The molecule has 45 heavy (non-hydrogen) atoms. The fraction of sp³-hybridized carbons (Fsp3) is 0.485. The Balaban J connectivity index is 0.000000383. The molecule has 1 aromatic carbocycles. The molecule has 0 spiro atoms. The molecule has 7 rings (SSSR count). The molecule has 0 radical (unpaired) electrons. The van der Waals surface area contributed by atoms with Gasteiger partial charge < -0.3 is 19.9 Å². The lowest BCUT2D eigenvalue weighted by atomic mass is 10.0. The fourth-order valence-corrected chi connectivity index (χ4v) is 6.21. The first kappa shape index (κ1) is 31.1. The van der Waals surface area contributed by atoms with E-state index in [1.165, 1.54) is 25.0 Å². The summed E-state index contributed by atoms with van der Waals surface area (Å²) in [5.74, 6) is 0.609. The summed E-state index contributed by atoms with van der Waals surface area (Å²) in [5.41, 5.74) is 2.45. The Hall–Kier alpha value is -3.87. The van der Waals surface area contributed by atoms with Crippen molar-refractivity contribution >= 4 is 28.6 Å². The predicted octanol–water partition coefficient (Wildman–Crippen LogP) is 5.49. The number of aromatic nitrogens is 5. The third-order valence-corrected chi connectivity index (χ3v) is 8.83. The Bertz CT molecular complexity index is 1640. The maximum absolute atomic E-state index is 15.0. The summed E-state index contributed by atoms with van der Waals surface area (Å²) >= 11 is 0. The molecule has 3 unspecified atom stereocenters. The number of carbonyl (C=O) groups is 1. The third kappa shape index (κ3) is 7.18. The van der Waals surface area contributed by atoms with Gasteiger partial charge in [0.2, 0.25) is 5.95 Å². The molecule has 6 heterocycles. The van der Waals surface area contributed by atoms with Crippen molar-refractivity contribution in [2.75, 3.05) is 31.5 Å². The summed E-state index contributed by atoms with van der Waals surface area (Å²) in [4.78, 5) is 30.9. The van der Waals surface area contributed by atoms with Gasteiger partial charge in [-0.2, -0.15) is 0 Å². The number of ketones is 1. The van der Waals surface area contributed by atoms with E-state index in [1.54, 1.807) is 18.5 Å². The highest BCUT2D eigenvalue weighted by Crippen LogP contribution is 2.32. The number of morpholine rings is 1. The number of likely N-dealkylation sites (tertiary alicyclic amines) is 1. The van der Waals surface area contributed by atoms with Crippen molar-refractivity contribution in [3.8, 4) is 11.1 Å². The van der Waals surface area contributed by atoms with Crippen LogP contribution in [0.5, 0.6) is 0 Å². The maximum atomic E-state index is 15.0. The fourth-order valence-electron chi connectivity index (χ4n) is 6.21. The standard InChI is InChI=1S/C27H29F2N7O.C6H11NO/c1-4-16(2)36-17(3)33-26-22(28)9-19(10-24(26)36)21-11-25(30-14-23(21)29)34-27-31-12-18(13-32-27)15-35-7-5-20(37)6-8-35;1-2-6-4-7-3-5(1)8-6/h9-14,16H,4-8,15H2,1-3H3,(H,30,31,32,34);5-7H,1-4H2. The molecule has 3 aromatic heterocycles. The number of imidazole rings is 1. The van der Waals surface area contributed by atoms with E-state index in [2.05, 4.69) is 42.4 Å². The van der Waals surface area contributed by atoms with E-state index in [9.17, 15) is 9.18 Å². The number of ether oxygens (including phenoxy) is 1. The molecule has 3 atom stereocenters. The molecule has 3 fully saturated rings. The maximum Gasteiger partial charge on any atom is 0.228 e. The Morgan fingerprint density at radius 2 is 1.73 bits per heavy atom. The van der Waals surface area contributed by atoms with Gasteiger partial charge in [0.25, 0.3) is 0 Å². The third-order valence-electron chi connectivity index (χ3n) is 8.83. The number of carbonyl (C=O) groups excluding carboxylic acids is 1. The van der Waals surface area contributed by atoms with E-state index >= 15 is 4.39 Å². The number of benzene rings is 1. The Morgan fingerprint density at radius 3 is 2.40 bits per heavy atom. The minimum Gasteiger partial charge on any atom is -0.372 e. The SMILES string of the molecule is C1CC2CNCC1O2.CCC(C)n1c(C)nc2c(F)cc(-c3cc(Nc4ncc(CN5CCC(=O)CC5)cn4)ncc3F)cc21. The molecule has 3 saturated heterocycles. The number of piperidine rings is 1. The zero-order chi connectivity index (χ0) is 31.5. The van der Waals surface area contributed by atoms with Crippen molar-refractivity contribution in [2.24, 2.45) is 0 Å². The van der Waals surface area contributed by atoms with Crippen LogP contribution in [-0.4, -0.2) is 73.6 Å². The summed E-state index contributed by atoms with van der Waals surface area (Å²) in [7, 11) is 0. The minimum absolute atomic E-state index is 0.122. The highest BCUT2D eigenvalue weighted by molar-refractivity contribution is 5.84. The molecule has 3 aliphatic heterocycles. The molecule has 238 valence electrons. The van der Waals surface area contributed by atoms with Crippen LogP contribution < -0.4 is 10.6 Å². The van der Waals surface area contributed by atoms with Gasteiger partial charge >= 0.3 is 0 Å². The van der Waals surface area contributed by atoms with Gasteiger partial charge in [-0.05, 0) is 56.9 Å². The van der Waals surface area contributed by atoms with Crippen LogP contribution in [0.1, 0.15) is 63.4 Å². The summed E-state index contributed by atoms with van der Waals surface area (Å²) in [6.45, 7) is 10.3. The Labute approximate surface area is 261 Å². The summed E-state index contributed by atoms with van der Waals surface area (Å²) in [6.07, 6.45) is 10.2. The molecule has 2 bridgehead atoms. The molecule has 0 saturated carbocycles. The zero-order valence-electron chi connectivity index (χ0n) is 26.0. The topological polar surface area (TPSA) is 110 Å². The van der Waals surface area contributed by atoms with Crippen LogP contribution in [0.25, 0.3) is 22.2 Å². The monoisotopic (exact) mass is 618 g/mol. The second kappa shape index (κ2) is 13.6. The smallest absolute Gasteiger partial charge is 0.228 e. The van der Waals surface area contributed by atoms with Crippen molar-refractivity contribution < 1.29 is 18.3 Å². The number of nitrogens with one attached hydrogen (secondary N) is 2. The quantitative estimate of drug-likeness (QED) is 0.278. The Morgan fingerprint density at radius 1 is 1.02 bits per heavy atom. The molecule has 12 heteroatoms. The number of rotatable bonds is 7. The number of nitrogens with zero attached hydrogens (tertiary/aromatic N) is 6. The second-order valence-electron chi connectivity index (χ2n) is 12.1. The van der Waals surface area contributed by atoms with Crippen LogP contribution >= 0.6 is 0 Å². The first-order valence-electron chi connectivity index (χ1n) is 15.8. The van der Waals surface area contributed by atoms with E-state index in [0.717, 1.165) is 44.4 Å². The number of fused-ring (bicyclic) bond motifs is 3. The van der Waals surface area contributed by atoms with E-state index in [1.807, 2.05) is 18.4 Å². The molecule has 4 aromatic rings. The van der Waals surface area contributed by atoms with Gasteiger partial charge in [0.15, 0.2) is 5.82 Å². The predicted molar refractivity (Wildman–Crippen MR) is 168 cm³/mol. The lowest BCUT2D eigenvalue weighted by molar-refractivity contribution is -0.121. The van der Waals surface area contributed by atoms with Crippen molar-refractivity contribution in [3.05, 3.63) is 59.8 Å². The van der Waals surface area contributed by atoms with Crippen LogP contribution in [0.3, 0.4) is 0 Å². The van der Waals surface area contributed by atoms with E-state index in [4.69, 9.17) is 4.74 Å². The second-order valence-corrected chi connectivity index (χ2v) is 12.1. The normalized spacial score (nSPS) is 20.6. The molecule has 0 amide bonds. The van der Waals surface area contributed by atoms with Gasteiger partial charge in [0.1, 0.15) is 28.8 Å². The van der Waals surface area contributed by atoms with E-state index in [0.29, 0.717) is 66.0 Å². The summed E-state index contributed by atoms with van der Waals surface area (Å²) in [5, 5.41) is 6.32. The van der Waals surface area contributed by atoms with Gasteiger partial charge in [0.05, 0.1) is 23.9 Å². The summed E-state index contributed by atoms with van der Waals surface area (Å²) < 4.78 is 37.4. The van der Waals surface area contributed by atoms with Gasteiger partial charge in [-0.1, -0.05) is 6.92 Å². The van der Waals surface area contributed by atoms with Crippen LogP contribution in [0.15, 0.2) is 36.8 Å².